The van der Waals surface area contributed by atoms with E-state index in [1.165, 1.54) is 6.26 Å². The Kier molecular flexibility index (Phi) is 2.97. The molecule has 0 aromatic carbocycles. The minimum atomic E-state index is 0.0295. The number of aromatic nitrogens is 1. The van der Waals surface area contributed by atoms with Gasteiger partial charge in [0.2, 0.25) is 0 Å². The van der Waals surface area contributed by atoms with E-state index in [0.29, 0.717) is 16.7 Å². The van der Waals surface area contributed by atoms with Crippen LogP contribution in [0.15, 0.2) is 45.9 Å². The van der Waals surface area contributed by atoms with Gasteiger partial charge in [-0.2, -0.15) is 0 Å². The first-order valence-electron chi connectivity index (χ1n) is 4.42. The fraction of sp³-hybridized carbons (Fsp3) is 0.0909. The molecule has 4 heteroatoms. The van der Waals surface area contributed by atoms with Gasteiger partial charge >= 0.3 is 0 Å². The molecule has 0 atom stereocenters. The average molecular weight is 266 g/mol. The zero-order valence-corrected chi connectivity index (χ0v) is 9.40. The van der Waals surface area contributed by atoms with Gasteiger partial charge in [-0.1, -0.05) is 0 Å². The molecule has 15 heavy (non-hydrogen) atoms. The normalized spacial score (nSPS) is 10.2. The van der Waals surface area contributed by atoms with Crippen LogP contribution >= 0.6 is 15.9 Å². The molecule has 2 aromatic rings. The topological polar surface area (TPSA) is 43.1 Å². The van der Waals surface area contributed by atoms with Crippen molar-refractivity contribution >= 4 is 21.7 Å². The second-order valence-corrected chi connectivity index (χ2v) is 3.78. The van der Waals surface area contributed by atoms with E-state index in [-0.39, 0.29) is 5.78 Å². The van der Waals surface area contributed by atoms with Gasteiger partial charge in [-0.3, -0.25) is 9.78 Å². The number of nitrogens with zero attached hydrogens (tertiary/aromatic N) is 1. The summed E-state index contributed by atoms with van der Waals surface area (Å²) in [4.78, 5) is 15.7. The first-order valence-corrected chi connectivity index (χ1v) is 5.22. The van der Waals surface area contributed by atoms with Gasteiger partial charge in [-0.25, -0.2) is 0 Å². The number of carbonyl (C=O) groups excluding carboxylic acids is 1. The van der Waals surface area contributed by atoms with Crippen molar-refractivity contribution in [1.82, 2.24) is 4.98 Å². The Labute approximate surface area is 95.3 Å². The maximum absolute atomic E-state index is 11.8. The van der Waals surface area contributed by atoms with Crippen molar-refractivity contribution in [3.63, 3.8) is 0 Å². The Balaban J connectivity index is 2.15. The van der Waals surface area contributed by atoms with Crippen LogP contribution in [0.5, 0.6) is 0 Å². The van der Waals surface area contributed by atoms with Crippen molar-refractivity contribution in [2.75, 3.05) is 0 Å². The summed E-state index contributed by atoms with van der Waals surface area (Å²) in [6.07, 6.45) is 5.20. The lowest BCUT2D eigenvalue weighted by atomic mass is 10.1. The third-order valence-electron chi connectivity index (χ3n) is 2.03. The van der Waals surface area contributed by atoms with E-state index in [0.717, 1.165) is 5.56 Å². The summed E-state index contributed by atoms with van der Waals surface area (Å²) in [5.41, 5.74) is 1.52. The maximum Gasteiger partial charge on any atom is 0.179 e. The first-order chi connectivity index (χ1) is 7.27. The fourth-order valence-corrected chi connectivity index (χ4v) is 1.74. The molecule has 0 saturated heterocycles. The molecule has 2 aromatic heterocycles. The van der Waals surface area contributed by atoms with Crippen molar-refractivity contribution in [2.45, 2.75) is 6.42 Å². The van der Waals surface area contributed by atoms with E-state index in [4.69, 9.17) is 4.42 Å². The Bertz CT molecular complexity index is 464. The fourth-order valence-electron chi connectivity index (χ4n) is 1.27. The molecule has 0 aliphatic carbocycles. The molecule has 0 radical (unpaired) electrons. The molecule has 0 bridgehead atoms. The second kappa shape index (κ2) is 4.40. The molecule has 0 spiro atoms. The third-order valence-corrected chi connectivity index (χ3v) is 2.65. The molecular formula is C11H8BrNO2. The zero-order chi connectivity index (χ0) is 10.7. The molecule has 0 saturated carbocycles. The van der Waals surface area contributed by atoms with Gasteiger partial charge in [0.15, 0.2) is 10.5 Å². The van der Waals surface area contributed by atoms with Crippen LogP contribution in [-0.4, -0.2) is 10.8 Å². The lowest BCUT2D eigenvalue weighted by Crippen LogP contribution is -2.02. The van der Waals surface area contributed by atoms with Crippen LogP contribution in [0.25, 0.3) is 0 Å². The number of halogens is 1. The minimum absolute atomic E-state index is 0.0295. The number of pyridine rings is 1. The molecule has 0 unspecified atom stereocenters. The van der Waals surface area contributed by atoms with Gasteiger partial charge in [0.25, 0.3) is 0 Å². The van der Waals surface area contributed by atoms with Crippen LogP contribution in [0.2, 0.25) is 0 Å². The average Bonchev–Trinajstić information content (AvgIpc) is 2.66. The third kappa shape index (κ3) is 2.33. The van der Waals surface area contributed by atoms with Crippen molar-refractivity contribution < 1.29 is 9.21 Å². The van der Waals surface area contributed by atoms with Gasteiger partial charge in [-0.05, 0) is 39.7 Å². The highest BCUT2D eigenvalue weighted by Gasteiger charge is 2.12. The van der Waals surface area contributed by atoms with Gasteiger partial charge in [-0.15, -0.1) is 0 Å². The Hall–Kier alpha value is -1.42. The number of hydrogen-bond acceptors (Lipinski definition) is 3. The summed E-state index contributed by atoms with van der Waals surface area (Å²) < 4.78 is 5.49. The summed E-state index contributed by atoms with van der Waals surface area (Å²) in [6.45, 7) is 0. The highest BCUT2D eigenvalue weighted by Crippen LogP contribution is 2.19. The zero-order valence-electron chi connectivity index (χ0n) is 7.81. The Morgan fingerprint density at radius 2 is 2.07 bits per heavy atom. The summed E-state index contributed by atoms with van der Waals surface area (Å²) in [5, 5.41) is 0. The van der Waals surface area contributed by atoms with Crippen molar-refractivity contribution in [2.24, 2.45) is 0 Å². The predicted molar refractivity (Wildman–Crippen MR) is 58.7 cm³/mol. The summed E-state index contributed by atoms with van der Waals surface area (Å²) >= 11 is 3.18. The maximum atomic E-state index is 11.8. The summed E-state index contributed by atoms with van der Waals surface area (Å²) in [6, 6.07) is 5.31. The number of Topliss-reactive ketones (excluding diaryl/α,β-unsaturated/α-hetero) is 1. The number of carbonyl (C=O) groups is 1. The van der Waals surface area contributed by atoms with Crippen LogP contribution in [-0.2, 0) is 6.42 Å². The second-order valence-electron chi connectivity index (χ2n) is 3.06. The van der Waals surface area contributed by atoms with Crippen molar-refractivity contribution in [3.05, 3.63) is 52.7 Å². The molecule has 3 nitrogen and oxygen atoms in total. The predicted octanol–water partition coefficient (Wildman–Crippen LogP) is 2.86. The SMILES string of the molecule is O=C(Cc1ccncc1)c1ccoc1Br. The van der Waals surface area contributed by atoms with Gasteiger partial charge in [0.1, 0.15) is 0 Å². The van der Waals surface area contributed by atoms with Crippen LogP contribution in [0.3, 0.4) is 0 Å². The van der Waals surface area contributed by atoms with E-state index >= 15 is 0 Å². The van der Waals surface area contributed by atoms with E-state index in [9.17, 15) is 4.79 Å². The van der Waals surface area contributed by atoms with E-state index < -0.39 is 0 Å². The van der Waals surface area contributed by atoms with Gasteiger partial charge in [0, 0.05) is 18.8 Å². The lowest BCUT2D eigenvalue weighted by molar-refractivity contribution is 0.0991. The largest absolute Gasteiger partial charge is 0.457 e. The van der Waals surface area contributed by atoms with E-state index in [1.54, 1.807) is 18.5 Å². The molecule has 2 rings (SSSR count). The monoisotopic (exact) mass is 265 g/mol. The summed E-state index contributed by atoms with van der Waals surface area (Å²) in [5.74, 6) is 0.0295. The molecule has 0 fully saturated rings. The standard InChI is InChI=1S/C11H8BrNO2/c12-11-9(3-6-15-11)10(14)7-8-1-4-13-5-2-8/h1-6H,7H2. The smallest absolute Gasteiger partial charge is 0.179 e. The lowest BCUT2D eigenvalue weighted by Gasteiger charge is -1.98. The van der Waals surface area contributed by atoms with Gasteiger partial charge < -0.3 is 4.42 Å². The van der Waals surface area contributed by atoms with E-state index in [1.807, 2.05) is 12.1 Å². The van der Waals surface area contributed by atoms with Crippen LogP contribution in [0.1, 0.15) is 15.9 Å². The molecule has 0 aliphatic rings. The Morgan fingerprint density at radius 1 is 1.33 bits per heavy atom. The highest BCUT2D eigenvalue weighted by molar-refractivity contribution is 9.10. The van der Waals surface area contributed by atoms with Gasteiger partial charge in [0.05, 0.1) is 11.8 Å². The molecule has 0 amide bonds. The van der Waals surface area contributed by atoms with Crippen molar-refractivity contribution in [3.8, 4) is 0 Å². The minimum Gasteiger partial charge on any atom is -0.457 e. The highest BCUT2D eigenvalue weighted by atomic mass is 79.9. The molecule has 0 N–H and O–H groups in total. The van der Waals surface area contributed by atoms with Crippen LogP contribution < -0.4 is 0 Å². The number of rotatable bonds is 3. The van der Waals surface area contributed by atoms with Crippen LogP contribution in [0, 0.1) is 0 Å². The number of ketones is 1. The Morgan fingerprint density at radius 3 is 2.67 bits per heavy atom. The van der Waals surface area contributed by atoms with E-state index in [2.05, 4.69) is 20.9 Å². The molecule has 2 heterocycles. The first kappa shape index (κ1) is 10.1. The molecule has 76 valence electrons. The quantitative estimate of drug-likeness (QED) is 0.802. The number of hydrogen-bond donors (Lipinski definition) is 0. The number of furan rings is 1. The molecular weight excluding hydrogens is 258 g/mol. The van der Waals surface area contributed by atoms with Crippen molar-refractivity contribution in [1.29, 1.82) is 0 Å². The summed E-state index contributed by atoms with van der Waals surface area (Å²) in [7, 11) is 0. The van der Waals surface area contributed by atoms with Crippen LogP contribution in [0.4, 0.5) is 0 Å². The molecule has 0 aliphatic heterocycles.